The van der Waals surface area contributed by atoms with E-state index in [9.17, 15) is 0 Å². The van der Waals surface area contributed by atoms with Crippen LogP contribution >= 0.6 is 23.2 Å². The summed E-state index contributed by atoms with van der Waals surface area (Å²) in [5.41, 5.74) is 3.92. The molecule has 0 bridgehead atoms. The van der Waals surface area contributed by atoms with Crippen LogP contribution in [-0.2, 0) is 0 Å². The summed E-state index contributed by atoms with van der Waals surface area (Å²) in [5.74, 6) is 7.02. The quantitative estimate of drug-likeness (QED) is 0.646. The topological polar surface area (TPSA) is 38.0 Å². The molecule has 3 atom stereocenters. The summed E-state index contributed by atoms with van der Waals surface area (Å²) < 4.78 is 0. The molecule has 0 amide bonds. The Hall–Kier alpha value is -0.280. The van der Waals surface area contributed by atoms with Gasteiger partial charge in [-0.1, -0.05) is 48.7 Å². The van der Waals surface area contributed by atoms with E-state index in [2.05, 4.69) is 12.3 Å². The molecule has 4 heteroatoms. The van der Waals surface area contributed by atoms with Crippen molar-refractivity contribution in [3.63, 3.8) is 0 Å². The van der Waals surface area contributed by atoms with Crippen LogP contribution in [0.5, 0.6) is 0 Å². The van der Waals surface area contributed by atoms with Crippen molar-refractivity contribution in [3.8, 4) is 0 Å². The molecule has 1 aliphatic rings. The van der Waals surface area contributed by atoms with Gasteiger partial charge in [-0.05, 0) is 36.3 Å². The SMILES string of the molecule is CC1CCC(C(NN)c2cccc(Cl)c2Cl)C1. The molecule has 0 spiro atoms. The smallest absolute Gasteiger partial charge is 0.0640 e. The van der Waals surface area contributed by atoms with Gasteiger partial charge in [0.05, 0.1) is 16.1 Å². The van der Waals surface area contributed by atoms with Gasteiger partial charge < -0.3 is 0 Å². The van der Waals surface area contributed by atoms with E-state index in [1.807, 2.05) is 12.1 Å². The Kier molecular flexibility index (Phi) is 4.31. The van der Waals surface area contributed by atoms with E-state index in [1.165, 1.54) is 19.3 Å². The zero-order valence-electron chi connectivity index (χ0n) is 9.92. The lowest BCUT2D eigenvalue weighted by molar-refractivity contribution is 0.364. The molecule has 1 fully saturated rings. The summed E-state index contributed by atoms with van der Waals surface area (Å²) in [5, 5.41) is 1.21. The summed E-state index contributed by atoms with van der Waals surface area (Å²) in [6.45, 7) is 2.28. The molecule has 2 nitrogen and oxygen atoms in total. The minimum Gasteiger partial charge on any atom is -0.271 e. The maximum Gasteiger partial charge on any atom is 0.0640 e. The number of hydrazine groups is 1. The molecule has 0 heterocycles. The second-order valence-electron chi connectivity index (χ2n) is 4.97. The fourth-order valence-electron chi connectivity index (χ4n) is 2.79. The maximum atomic E-state index is 6.25. The molecule has 94 valence electrons. The number of halogens is 2. The third kappa shape index (κ3) is 2.76. The first-order valence-electron chi connectivity index (χ1n) is 6.03. The van der Waals surface area contributed by atoms with Crippen molar-refractivity contribution in [3.05, 3.63) is 33.8 Å². The van der Waals surface area contributed by atoms with Crippen LogP contribution in [0.3, 0.4) is 0 Å². The van der Waals surface area contributed by atoms with Crippen molar-refractivity contribution >= 4 is 23.2 Å². The number of hydrogen-bond acceptors (Lipinski definition) is 2. The molecular formula is C13H18Cl2N2. The van der Waals surface area contributed by atoms with Crippen molar-refractivity contribution in [2.45, 2.75) is 32.2 Å². The Bertz CT molecular complexity index is 395. The van der Waals surface area contributed by atoms with Gasteiger partial charge >= 0.3 is 0 Å². The molecule has 3 unspecified atom stereocenters. The zero-order chi connectivity index (χ0) is 12.4. The second-order valence-corrected chi connectivity index (χ2v) is 5.75. The lowest BCUT2D eigenvalue weighted by Gasteiger charge is -2.24. The van der Waals surface area contributed by atoms with Gasteiger partial charge in [0.15, 0.2) is 0 Å². The Morgan fingerprint density at radius 2 is 2.12 bits per heavy atom. The highest BCUT2D eigenvalue weighted by Crippen LogP contribution is 2.41. The lowest BCUT2D eigenvalue weighted by Crippen LogP contribution is -2.33. The number of benzene rings is 1. The van der Waals surface area contributed by atoms with Crippen molar-refractivity contribution < 1.29 is 0 Å². The van der Waals surface area contributed by atoms with Crippen molar-refractivity contribution in [2.24, 2.45) is 17.7 Å². The maximum absolute atomic E-state index is 6.25. The normalized spacial score (nSPS) is 26.1. The Morgan fingerprint density at radius 1 is 1.35 bits per heavy atom. The van der Waals surface area contributed by atoms with Crippen molar-refractivity contribution in [1.29, 1.82) is 0 Å². The predicted octanol–water partition coefficient (Wildman–Crippen LogP) is 3.93. The van der Waals surface area contributed by atoms with Gasteiger partial charge in [0.2, 0.25) is 0 Å². The van der Waals surface area contributed by atoms with E-state index in [0.29, 0.717) is 16.0 Å². The van der Waals surface area contributed by atoms with Gasteiger partial charge in [-0.3, -0.25) is 11.3 Å². The lowest BCUT2D eigenvalue weighted by atomic mass is 9.91. The van der Waals surface area contributed by atoms with E-state index in [4.69, 9.17) is 29.0 Å². The average Bonchev–Trinajstić information content (AvgIpc) is 2.72. The second kappa shape index (κ2) is 5.57. The molecular weight excluding hydrogens is 255 g/mol. The molecule has 0 radical (unpaired) electrons. The van der Waals surface area contributed by atoms with Crippen LogP contribution in [0.25, 0.3) is 0 Å². The van der Waals surface area contributed by atoms with Gasteiger partial charge in [0.25, 0.3) is 0 Å². The van der Waals surface area contributed by atoms with E-state index in [-0.39, 0.29) is 6.04 Å². The first-order chi connectivity index (χ1) is 8.13. The molecule has 1 aromatic rings. The minimum absolute atomic E-state index is 0.103. The fourth-order valence-corrected chi connectivity index (χ4v) is 3.22. The molecule has 0 saturated heterocycles. The third-order valence-corrected chi connectivity index (χ3v) is 4.54. The Morgan fingerprint density at radius 3 is 2.71 bits per heavy atom. The predicted molar refractivity (Wildman–Crippen MR) is 73.0 cm³/mol. The summed E-state index contributed by atoms with van der Waals surface area (Å²) in [6.07, 6.45) is 3.65. The van der Waals surface area contributed by atoms with Crippen molar-refractivity contribution in [1.82, 2.24) is 5.43 Å². The van der Waals surface area contributed by atoms with Gasteiger partial charge in [0.1, 0.15) is 0 Å². The molecule has 1 aromatic carbocycles. The highest BCUT2D eigenvalue weighted by atomic mass is 35.5. The largest absolute Gasteiger partial charge is 0.271 e. The van der Waals surface area contributed by atoms with Crippen LogP contribution in [0.2, 0.25) is 10.0 Å². The van der Waals surface area contributed by atoms with Crippen molar-refractivity contribution in [2.75, 3.05) is 0 Å². The number of hydrogen-bond donors (Lipinski definition) is 2. The highest BCUT2D eigenvalue weighted by Gasteiger charge is 2.30. The molecule has 0 aromatic heterocycles. The van der Waals surface area contributed by atoms with Gasteiger partial charge in [0, 0.05) is 0 Å². The van der Waals surface area contributed by atoms with Crippen LogP contribution in [0.1, 0.15) is 37.8 Å². The van der Waals surface area contributed by atoms with Gasteiger partial charge in [-0.15, -0.1) is 0 Å². The molecule has 0 aliphatic heterocycles. The van der Waals surface area contributed by atoms with E-state index in [0.717, 1.165) is 11.5 Å². The van der Waals surface area contributed by atoms with Crippen LogP contribution in [0.15, 0.2) is 18.2 Å². The van der Waals surface area contributed by atoms with E-state index >= 15 is 0 Å². The first kappa shape index (κ1) is 13.2. The first-order valence-corrected chi connectivity index (χ1v) is 6.79. The van der Waals surface area contributed by atoms with Crippen LogP contribution in [-0.4, -0.2) is 0 Å². The molecule has 1 aliphatic carbocycles. The average molecular weight is 273 g/mol. The summed E-state index contributed by atoms with van der Waals surface area (Å²) in [6, 6.07) is 5.83. The highest BCUT2D eigenvalue weighted by molar-refractivity contribution is 6.42. The molecule has 3 N–H and O–H groups in total. The van der Waals surface area contributed by atoms with Gasteiger partial charge in [-0.25, -0.2) is 0 Å². The van der Waals surface area contributed by atoms with Crippen LogP contribution in [0, 0.1) is 11.8 Å². The zero-order valence-corrected chi connectivity index (χ0v) is 11.4. The van der Waals surface area contributed by atoms with Gasteiger partial charge in [-0.2, -0.15) is 0 Å². The minimum atomic E-state index is 0.103. The Balaban J connectivity index is 2.26. The third-order valence-electron chi connectivity index (χ3n) is 3.70. The molecule has 17 heavy (non-hydrogen) atoms. The summed E-state index contributed by atoms with van der Waals surface area (Å²) in [4.78, 5) is 0. The standard InChI is InChI=1S/C13H18Cl2N2/c1-8-5-6-9(7-8)13(17-16)10-3-2-4-11(14)12(10)15/h2-4,8-9,13,17H,5-7,16H2,1H3. The fraction of sp³-hybridized carbons (Fsp3) is 0.538. The molecule has 2 rings (SSSR count). The monoisotopic (exact) mass is 272 g/mol. The number of nitrogens with one attached hydrogen (secondary N) is 1. The van der Waals surface area contributed by atoms with E-state index < -0.39 is 0 Å². The van der Waals surface area contributed by atoms with Crippen LogP contribution in [0.4, 0.5) is 0 Å². The number of nitrogens with two attached hydrogens (primary N) is 1. The van der Waals surface area contributed by atoms with E-state index in [1.54, 1.807) is 6.07 Å². The Labute approximate surface area is 112 Å². The summed E-state index contributed by atoms with van der Waals surface area (Å²) >= 11 is 12.3. The van der Waals surface area contributed by atoms with Crippen LogP contribution < -0.4 is 11.3 Å². The number of rotatable bonds is 3. The summed E-state index contributed by atoms with van der Waals surface area (Å²) in [7, 11) is 0. The molecule has 1 saturated carbocycles.